The molecule has 4 heteroatoms. The maximum absolute atomic E-state index is 4.46. The molecule has 0 saturated carbocycles. The third-order valence-corrected chi connectivity index (χ3v) is 4.84. The van der Waals surface area contributed by atoms with Gasteiger partial charge in [-0.2, -0.15) is 5.10 Å². The van der Waals surface area contributed by atoms with E-state index in [1.54, 1.807) is 12.4 Å². The minimum Gasteiger partial charge on any atom is -0.380 e. The number of nitrogens with zero attached hydrogens (tertiary/aromatic N) is 2. The molecule has 2 N–H and O–H groups in total. The van der Waals surface area contributed by atoms with Crippen molar-refractivity contribution in [3.05, 3.63) is 89.4 Å². The number of benzene rings is 2. The molecular weight excluding hydrogens is 332 g/mol. The van der Waals surface area contributed by atoms with Crippen LogP contribution in [0.5, 0.6) is 0 Å². The maximum atomic E-state index is 4.46. The predicted octanol–water partition coefficient (Wildman–Crippen LogP) is 5.09. The molecule has 4 aromatic rings. The van der Waals surface area contributed by atoms with Gasteiger partial charge in [0.05, 0.1) is 11.2 Å². The summed E-state index contributed by atoms with van der Waals surface area (Å²) in [5.41, 5.74) is 8.05. The molecule has 4 nitrogen and oxygen atoms in total. The van der Waals surface area contributed by atoms with E-state index in [1.807, 2.05) is 24.3 Å². The van der Waals surface area contributed by atoms with Gasteiger partial charge >= 0.3 is 0 Å². The number of hydrogen-bond acceptors (Lipinski definition) is 3. The number of hydrogen-bond donors (Lipinski definition) is 2. The summed E-state index contributed by atoms with van der Waals surface area (Å²) in [7, 11) is 0. The largest absolute Gasteiger partial charge is 0.380 e. The number of para-hydroxylation sites is 1. The Labute approximate surface area is 157 Å². The highest BCUT2D eigenvalue weighted by atomic mass is 15.1. The summed E-state index contributed by atoms with van der Waals surface area (Å²) in [5.74, 6) is 0. The summed E-state index contributed by atoms with van der Waals surface area (Å²) in [5, 5.41) is 12.2. The van der Waals surface area contributed by atoms with Crippen molar-refractivity contribution >= 4 is 40.4 Å². The zero-order chi connectivity index (χ0) is 18.1. The molecule has 0 bridgehead atoms. The van der Waals surface area contributed by atoms with Crippen molar-refractivity contribution in [3.63, 3.8) is 0 Å². The highest BCUT2D eigenvalue weighted by Gasteiger charge is 2.14. The van der Waals surface area contributed by atoms with Crippen molar-refractivity contribution in [2.75, 3.05) is 11.9 Å². The smallest absolute Gasteiger partial charge is 0.0927 e. The fourth-order valence-electron chi connectivity index (χ4n) is 3.46. The van der Waals surface area contributed by atoms with Gasteiger partial charge in [-0.1, -0.05) is 30.3 Å². The second kappa shape index (κ2) is 6.57. The molecule has 0 fully saturated rings. The molecule has 27 heavy (non-hydrogen) atoms. The minimum atomic E-state index is 0.861. The van der Waals surface area contributed by atoms with Gasteiger partial charge in [0, 0.05) is 35.6 Å². The van der Waals surface area contributed by atoms with Gasteiger partial charge in [0.1, 0.15) is 0 Å². The van der Waals surface area contributed by atoms with Crippen molar-refractivity contribution in [1.82, 2.24) is 15.2 Å². The van der Waals surface area contributed by atoms with E-state index in [4.69, 9.17) is 0 Å². The first-order valence-corrected chi connectivity index (χ1v) is 8.97. The van der Waals surface area contributed by atoms with Gasteiger partial charge in [-0.3, -0.25) is 10.1 Å². The van der Waals surface area contributed by atoms with Gasteiger partial charge in [-0.05, 0) is 59.2 Å². The molecule has 2 aromatic carbocycles. The molecule has 0 unspecified atom stereocenters. The number of H-pyrrole nitrogens is 1. The van der Waals surface area contributed by atoms with E-state index < -0.39 is 0 Å². The molecule has 1 aliphatic heterocycles. The second-order valence-corrected chi connectivity index (χ2v) is 6.60. The van der Waals surface area contributed by atoms with Gasteiger partial charge in [0.15, 0.2) is 0 Å². The molecule has 0 spiro atoms. The highest BCUT2D eigenvalue weighted by molar-refractivity contribution is 5.95. The standard InChI is InChI=1S/C23H18N4/c1-2-4-21-19(3-1)18(15-25-21)13-17-5-7-20-22(26-27-23(20)14-17)8-6-16-9-11-24-12-10-16/h1-14,25H,15H2,(H,26,27)/b8-6+,18-13-. The van der Waals surface area contributed by atoms with Crippen molar-refractivity contribution in [2.45, 2.75) is 0 Å². The van der Waals surface area contributed by atoms with Crippen LogP contribution in [0.25, 0.3) is 34.7 Å². The zero-order valence-corrected chi connectivity index (χ0v) is 14.7. The molecule has 5 rings (SSSR count). The lowest BCUT2D eigenvalue weighted by Crippen LogP contribution is -1.91. The number of rotatable bonds is 3. The van der Waals surface area contributed by atoms with Crippen LogP contribution < -0.4 is 5.32 Å². The van der Waals surface area contributed by atoms with Crippen LogP contribution >= 0.6 is 0 Å². The molecule has 2 aromatic heterocycles. The van der Waals surface area contributed by atoms with Gasteiger partial charge < -0.3 is 5.32 Å². The summed E-state index contributed by atoms with van der Waals surface area (Å²) in [6.07, 6.45) is 9.90. The Kier molecular flexibility index (Phi) is 3.79. The lowest BCUT2D eigenvalue weighted by atomic mass is 10.0. The number of fused-ring (bicyclic) bond motifs is 2. The summed E-state index contributed by atoms with van der Waals surface area (Å²) in [4.78, 5) is 4.04. The first kappa shape index (κ1) is 15.6. The van der Waals surface area contributed by atoms with Gasteiger partial charge in [-0.15, -0.1) is 0 Å². The quantitative estimate of drug-likeness (QED) is 0.541. The Morgan fingerprint density at radius 3 is 2.70 bits per heavy atom. The molecular formula is C23H18N4. The molecule has 0 aliphatic carbocycles. The number of anilines is 1. The van der Waals surface area contributed by atoms with E-state index in [0.29, 0.717) is 0 Å². The summed E-state index contributed by atoms with van der Waals surface area (Å²) in [6.45, 7) is 0.861. The van der Waals surface area contributed by atoms with E-state index in [2.05, 4.69) is 69.0 Å². The van der Waals surface area contributed by atoms with Gasteiger partial charge in [0.25, 0.3) is 0 Å². The molecule has 0 radical (unpaired) electrons. The monoisotopic (exact) mass is 350 g/mol. The van der Waals surface area contributed by atoms with Gasteiger partial charge in [-0.25, -0.2) is 0 Å². The zero-order valence-electron chi connectivity index (χ0n) is 14.7. The minimum absolute atomic E-state index is 0.861. The van der Waals surface area contributed by atoms with Crippen LogP contribution in [-0.4, -0.2) is 21.7 Å². The predicted molar refractivity (Wildman–Crippen MR) is 112 cm³/mol. The van der Waals surface area contributed by atoms with Crippen LogP contribution in [-0.2, 0) is 0 Å². The van der Waals surface area contributed by atoms with Crippen LogP contribution in [0.1, 0.15) is 22.4 Å². The van der Waals surface area contributed by atoms with Crippen LogP contribution in [0.15, 0.2) is 67.0 Å². The van der Waals surface area contributed by atoms with E-state index in [9.17, 15) is 0 Å². The lowest BCUT2D eigenvalue weighted by Gasteiger charge is -2.00. The molecule has 1 aliphatic rings. The third kappa shape index (κ3) is 3.02. The number of pyridine rings is 1. The molecule has 0 amide bonds. The molecule has 0 saturated heterocycles. The van der Waals surface area contributed by atoms with E-state index >= 15 is 0 Å². The third-order valence-electron chi connectivity index (χ3n) is 4.84. The van der Waals surface area contributed by atoms with Crippen LogP contribution in [0, 0.1) is 0 Å². The van der Waals surface area contributed by atoms with Crippen LogP contribution in [0.4, 0.5) is 5.69 Å². The Bertz CT molecular complexity index is 1170. The molecule has 3 heterocycles. The average Bonchev–Trinajstić information content (AvgIpc) is 3.31. The maximum Gasteiger partial charge on any atom is 0.0927 e. The fourth-order valence-corrected chi connectivity index (χ4v) is 3.46. The Morgan fingerprint density at radius 2 is 1.78 bits per heavy atom. The first-order chi connectivity index (χ1) is 13.4. The lowest BCUT2D eigenvalue weighted by molar-refractivity contribution is 1.11. The van der Waals surface area contributed by atoms with Crippen molar-refractivity contribution in [2.24, 2.45) is 0 Å². The van der Waals surface area contributed by atoms with E-state index in [1.165, 1.54) is 22.4 Å². The normalized spacial score (nSPS) is 14.7. The van der Waals surface area contributed by atoms with Crippen molar-refractivity contribution < 1.29 is 0 Å². The Morgan fingerprint density at radius 1 is 0.889 bits per heavy atom. The summed E-state index contributed by atoms with van der Waals surface area (Å²) < 4.78 is 0. The molecule has 130 valence electrons. The van der Waals surface area contributed by atoms with Crippen LogP contribution in [0.3, 0.4) is 0 Å². The topological polar surface area (TPSA) is 53.6 Å². The Balaban J connectivity index is 1.46. The fraction of sp³-hybridized carbons (Fsp3) is 0.0435. The Hall–Kier alpha value is -3.66. The number of aromatic amines is 1. The van der Waals surface area contributed by atoms with Gasteiger partial charge in [0.2, 0.25) is 0 Å². The number of aromatic nitrogens is 3. The van der Waals surface area contributed by atoms with E-state index in [-0.39, 0.29) is 0 Å². The van der Waals surface area contributed by atoms with E-state index in [0.717, 1.165) is 28.7 Å². The summed E-state index contributed by atoms with van der Waals surface area (Å²) in [6, 6.07) is 18.8. The highest BCUT2D eigenvalue weighted by Crippen LogP contribution is 2.32. The molecule has 0 atom stereocenters. The SMILES string of the molecule is C(=C\c1n[nH]c2cc(/C=C3/CNc4ccccc43)ccc12)/c1ccncc1. The first-order valence-electron chi connectivity index (χ1n) is 8.97. The average molecular weight is 350 g/mol. The van der Waals surface area contributed by atoms with Crippen molar-refractivity contribution in [1.29, 1.82) is 0 Å². The summed E-state index contributed by atoms with van der Waals surface area (Å²) >= 11 is 0. The number of nitrogens with one attached hydrogen (secondary N) is 2. The second-order valence-electron chi connectivity index (χ2n) is 6.60. The van der Waals surface area contributed by atoms with Crippen LogP contribution in [0.2, 0.25) is 0 Å². The van der Waals surface area contributed by atoms with Crippen molar-refractivity contribution in [3.8, 4) is 0 Å².